The largest absolute Gasteiger partial charge is 0.460 e. The van der Waals surface area contributed by atoms with Gasteiger partial charge in [0.25, 0.3) is 0 Å². The number of carbonyl (C=O) groups is 2. The maximum atomic E-state index is 12.7. The number of esters is 1. The van der Waals surface area contributed by atoms with E-state index in [1.165, 1.54) is 28.2 Å². The van der Waals surface area contributed by atoms with Gasteiger partial charge in [0.05, 0.1) is 20.8 Å². The van der Waals surface area contributed by atoms with Crippen LogP contribution in [0.15, 0.2) is 84.1 Å². The zero-order chi connectivity index (χ0) is 26.4. The molecule has 2 aromatic carbocycles. The van der Waals surface area contributed by atoms with Crippen molar-refractivity contribution in [2.45, 2.75) is 51.4 Å². The maximum absolute atomic E-state index is 12.7. The summed E-state index contributed by atoms with van der Waals surface area (Å²) in [5.74, 6) is -0.157. The molecule has 0 unspecified atom stereocenters. The lowest BCUT2D eigenvalue weighted by atomic mass is 9.89. The van der Waals surface area contributed by atoms with Gasteiger partial charge in [0.1, 0.15) is 13.2 Å². The van der Waals surface area contributed by atoms with Crippen LogP contribution < -0.4 is 5.32 Å². The Morgan fingerprint density at radius 3 is 1.92 bits per heavy atom. The molecule has 0 spiro atoms. The van der Waals surface area contributed by atoms with E-state index in [4.69, 9.17) is 9.47 Å². The van der Waals surface area contributed by atoms with Gasteiger partial charge in [-0.25, -0.2) is 4.79 Å². The summed E-state index contributed by atoms with van der Waals surface area (Å²) in [5.41, 5.74) is 5.74. The molecule has 9 heteroatoms. The number of hydrogen-bond donors (Lipinski definition) is 1. The first-order chi connectivity index (χ1) is 18.6. The smallest absolute Gasteiger partial charge is 0.407 e. The predicted molar refractivity (Wildman–Crippen MR) is 149 cm³/mol. The Morgan fingerprint density at radius 2 is 1.34 bits per heavy atom. The Kier molecular flexibility index (Phi) is 10.8. The Balaban J connectivity index is 1.38. The van der Waals surface area contributed by atoms with Crippen LogP contribution in [0.4, 0.5) is 4.79 Å². The number of amides is 1. The zero-order valence-corrected chi connectivity index (χ0v) is 22.7. The average molecular weight is 550 g/mol. The normalized spacial score (nSPS) is 12.4. The molecule has 2 atom stereocenters. The highest BCUT2D eigenvalue weighted by Crippen LogP contribution is 2.22. The van der Waals surface area contributed by atoms with E-state index >= 15 is 0 Å². The van der Waals surface area contributed by atoms with Gasteiger partial charge in [-0.1, -0.05) is 60.7 Å². The van der Waals surface area contributed by atoms with Crippen LogP contribution in [0, 0.1) is 5.92 Å². The van der Waals surface area contributed by atoms with Gasteiger partial charge in [-0.2, -0.15) is 0 Å². The molecule has 0 aliphatic heterocycles. The minimum absolute atomic E-state index is 0.0691. The van der Waals surface area contributed by atoms with Crippen LogP contribution in [0.1, 0.15) is 40.1 Å². The van der Waals surface area contributed by atoms with Gasteiger partial charge < -0.3 is 14.8 Å². The van der Waals surface area contributed by atoms with E-state index in [9.17, 15) is 9.59 Å². The van der Waals surface area contributed by atoms with E-state index < -0.39 is 6.09 Å². The first-order valence-corrected chi connectivity index (χ1v) is 14.3. The number of aromatic nitrogens is 2. The predicted octanol–water partition coefficient (Wildman–Crippen LogP) is 6.21. The molecule has 7 nitrogen and oxygen atoms in total. The van der Waals surface area contributed by atoms with E-state index in [-0.39, 0.29) is 31.1 Å². The molecule has 2 heterocycles. The lowest BCUT2D eigenvalue weighted by Gasteiger charge is -2.22. The van der Waals surface area contributed by atoms with E-state index in [1.807, 2.05) is 36.4 Å². The minimum atomic E-state index is -0.456. The molecule has 0 saturated heterocycles. The van der Waals surface area contributed by atoms with Crippen LogP contribution in [-0.4, -0.2) is 28.1 Å². The fraction of sp³-hybridized carbons (Fsp3) is 0.310. The highest BCUT2D eigenvalue weighted by molar-refractivity contribution is 7.09. The molecule has 0 bridgehead atoms. The van der Waals surface area contributed by atoms with Gasteiger partial charge >= 0.3 is 12.1 Å². The summed E-state index contributed by atoms with van der Waals surface area (Å²) in [7, 11) is 0. The summed E-state index contributed by atoms with van der Waals surface area (Å²) >= 11 is 2.91. The molecule has 198 valence electrons. The summed E-state index contributed by atoms with van der Waals surface area (Å²) in [4.78, 5) is 35.2. The summed E-state index contributed by atoms with van der Waals surface area (Å²) in [6, 6.07) is 20.1. The first kappa shape index (κ1) is 27.5. The quantitative estimate of drug-likeness (QED) is 0.188. The number of rotatable bonds is 14. The summed E-state index contributed by atoms with van der Waals surface area (Å²) in [6.45, 7) is 0.433. The summed E-state index contributed by atoms with van der Waals surface area (Å²) < 4.78 is 11.0. The number of ether oxygens (including phenoxy) is 2. The molecular formula is C29H31N3O4S2. The van der Waals surface area contributed by atoms with Crippen molar-refractivity contribution in [3.63, 3.8) is 0 Å². The third kappa shape index (κ3) is 9.72. The van der Waals surface area contributed by atoms with E-state index in [0.29, 0.717) is 19.3 Å². The van der Waals surface area contributed by atoms with Gasteiger partial charge in [-0.3, -0.25) is 14.8 Å². The minimum Gasteiger partial charge on any atom is -0.460 e. The zero-order valence-electron chi connectivity index (χ0n) is 21.0. The van der Waals surface area contributed by atoms with Gasteiger partial charge in [0.2, 0.25) is 0 Å². The van der Waals surface area contributed by atoms with Crippen molar-refractivity contribution in [1.29, 1.82) is 0 Å². The molecular weight excluding hydrogens is 518 g/mol. The Bertz CT molecular complexity index is 1120. The van der Waals surface area contributed by atoms with Crippen LogP contribution in [-0.2, 0) is 40.3 Å². The number of benzene rings is 2. The standard InChI is InChI=1S/C29H31N3O4S2/c33-28(35-18-26-16-30-20-37-26)15-24(13-22-7-3-1-4-8-22)11-12-25(14-23-9-5-2-6-10-23)32-29(34)36-19-27-17-31-21-38-27/h1-10,16-17,20-21,24-25H,11-15,18-19H2,(H,32,34)/t24-,25-/m1/s1. The van der Waals surface area contributed by atoms with Gasteiger partial charge in [0, 0.05) is 24.9 Å². The van der Waals surface area contributed by atoms with Crippen molar-refractivity contribution in [3.05, 3.63) is 105 Å². The fourth-order valence-electron chi connectivity index (χ4n) is 4.20. The van der Waals surface area contributed by atoms with Crippen LogP contribution in [0.3, 0.4) is 0 Å². The molecule has 1 N–H and O–H groups in total. The van der Waals surface area contributed by atoms with Crippen molar-refractivity contribution in [3.8, 4) is 0 Å². The van der Waals surface area contributed by atoms with Crippen molar-refractivity contribution >= 4 is 34.7 Å². The molecule has 0 aliphatic rings. The third-order valence-corrected chi connectivity index (χ3v) is 7.59. The SMILES string of the molecule is O=C(C[C@H](CC[C@H](Cc1ccccc1)NC(=O)OCc1cncs1)Cc1ccccc1)OCc1cncs1. The van der Waals surface area contributed by atoms with Crippen molar-refractivity contribution in [1.82, 2.24) is 15.3 Å². The lowest BCUT2D eigenvalue weighted by Crippen LogP contribution is -2.37. The van der Waals surface area contributed by atoms with E-state index in [1.54, 1.807) is 23.4 Å². The molecule has 4 rings (SSSR count). The molecule has 0 fully saturated rings. The van der Waals surface area contributed by atoms with Crippen LogP contribution in [0.5, 0.6) is 0 Å². The third-order valence-electron chi connectivity index (χ3n) is 6.08. The number of alkyl carbamates (subject to hydrolysis) is 1. The van der Waals surface area contributed by atoms with Gasteiger partial charge in [-0.05, 0) is 42.7 Å². The molecule has 2 aromatic heterocycles. The molecule has 1 amide bonds. The second kappa shape index (κ2) is 15.0. The van der Waals surface area contributed by atoms with Crippen molar-refractivity contribution < 1.29 is 19.1 Å². The Labute approximate surface area is 230 Å². The molecule has 4 aromatic rings. The number of thiazole rings is 2. The van der Waals surface area contributed by atoms with Gasteiger partial charge in [-0.15, -0.1) is 22.7 Å². The van der Waals surface area contributed by atoms with Crippen LogP contribution in [0.2, 0.25) is 0 Å². The fourth-order valence-corrected chi connectivity index (χ4v) is 5.21. The van der Waals surface area contributed by atoms with Gasteiger partial charge in [0.15, 0.2) is 0 Å². The van der Waals surface area contributed by atoms with Crippen molar-refractivity contribution in [2.75, 3.05) is 0 Å². The highest BCUT2D eigenvalue weighted by atomic mass is 32.1. The number of hydrogen-bond acceptors (Lipinski definition) is 8. The molecule has 38 heavy (non-hydrogen) atoms. The number of nitrogens with one attached hydrogen (secondary N) is 1. The lowest BCUT2D eigenvalue weighted by molar-refractivity contribution is -0.146. The highest BCUT2D eigenvalue weighted by Gasteiger charge is 2.21. The van der Waals surface area contributed by atoms with E-state index in [0.717, 1.165) is 28.2 Å². The molecule has 0 radical (unpaired) electrons. The topological polar surface area (TPSA) is 90.4 Å². The van der Waals surface area contributed by atoms with Crippen LogP contribution in [0.25, 0.3) is 0 Å². The second-order valence-electron chi connectivity index (χ2n) is 9.04. The molecule has 0 aliphatic carbocycles. The monoisotopic (exact) mass is 549 g/mol. The maximum Gasteiger partial charge on any atom is 0.407 e. The van der Waals surface area contributed by atoms with Crippen molar-refractivity contribution in [2.24, 2.45) is 5.92 Å². The summed E-state index contributed by atoms with van der Waals surface area (Å²) in [5, 5.41) is 3.05. The van der Waals surface area contributed by atoms with E-state index in [2.05, 4.69) is 39.6 Å². The second-order valence-corrected chi connectivity index (χ2v) is 11.0. The van der Waals surface area contributed by atoms with Crippen LogP contribution >= 0.6 is 22.7 Å². The Hall–Kier alpha value is -3.56. The summed E-state index contributed by atoms with van der Waals surface area (Å²) in [6.07, 6.45) is 6.13. The Morgan fingerprint density at radius 1 is 0.763 bits per heavy atom. The molecule has 0 saturated carbocycles. The average Bonchev–Trinajstić information content (AvgIpc) is 3.65. The number of carbonyl (C=O) groups excluding carboxylic acids is 2. The first-order valence-electron chi connectivity index (χ1n) is 12.6. The number of nitrogens with zero attached hydrogens (tertiary/aromatic N) is 2.